The zero-order chi connectivity index (χ0) is 8.39. The average Bonchev–Trinajstić information content (AvgIpc) is 2.74. The van der Waals surface area contributed by atoms with Crippen LogP contribution >= 0.6 is 11.3 Å². The third kappa shape index (κ3) is 1.16. The molecule has 0 saturated carbocycles. The lowest BCUT2D eigenvalue weighted by Gasteiger charge is -1.93. The highest BCUT2D eigenvalue weighted by atomic mass is 32.1. The van der Waals surface area contributed by atoms with E-state index in [0.717, 1.165) is 12.1 Å². The minimum absolute atomic E-state index is 0.781. The van der Waals surface area contributed by atoms with Gasteiger partial charge in [0.2, 0.25) is 0 Å². The zero-order valence-electron chi connectivity index (χ0n) is 6.58. The molecular weight excluding hydrogens is 168 g/mol. The lowest BCUT2D eigenvalue weighted by Crippen LogP contribution is -1.80. The first-order valence-corrected chi connectivity index (χ1v) is 4.65. The topological polar surface area (TPSA) is 28.7 Å². The molecule has 2 heterocycles. The quantitative estimate of drug-likeness (QED) is 0.750. The van der Waals surface area contributed by atoms with E-state index >= 15 is 0 Å². The molecule has 1 N–H and O–H groups in total. The molecule has 0 aliphatic carbocycles. The number of aromatic nitrogens is 2. The number of rotatable bonds is 2. The molecule has 0 saturated heterocycles. The largest absolute Gasteiger partial charge is 0.285 e. The first kappa shape index (κ1) is 7.55. The Hall–Kier alpha value is -1.09. The molecule has 3 heteroatoms. The molecule has 0 bridgehead atoms. The molecule has 0 atom stereocenters. The zero-order valence-corrected chi connectivity index (χ0v) is 7.40. The lowest BCUT2D eigenvalue weighted by atomic mass is 10.2. The fraction of sp³-hybridized carbons (Fsp3) is 0.111. The Morgan fingerprint density at radius 1 is 1.58 bits per heavy atom. The summed E-state index contributed by atoms with van der Waals surface area (Å²) in [7, 11) is 0. The van der Waals surface area contributed by atoms with Gasteiger partial charge in [-0.05, 0) is 30.4 Å². The molecule has 0 unspecified atom stereocenters. The van der Waals surface area contributed by atoms with E-state index < -0.39 is 0 Å². The van der Waals surface area contributed by atoms with Gasteiger partial charge in [0.05, 0.1) is 4.88 Å². The Morgan fingerprint density at radius 2 is 2.50 bits per heavy atom. The third-order valence-electron chi connectivity index (χ3n) is 1.74. The van der Waals surface area contributed by atoms with Crippen LogP contribution in [0.1, 0.15) is 5.56 Å². The molecule has 0 aromatic carbocycles. The number of aromatic amines is 1. The van der Waals surface area contributed by atoms with Gasteiger partial charge in [-0.1, -0.05) is 6.07 Å². The SMILES string of the molecule is [CH2]Cc1c[nH]nc1-c1cccs1. The monoisotopic (exact) mass is 177 g/mol. The van der Waals surface area contributed by atoms with Crippen LogP contribution in [0.2, 0.25) is 0 Å². The highest BCUT2D eigenvalue weighted by molar-refractivity contribution is 7.13. The summed E-state index contributed by atoms with van der Waals surface area (Å²) in [6.07, 6.45) is 2.69. The molecule has 0 aliphatic heterocycles. The molecular formula is C9H9N2S. The average molecular weight is 177 g/mol. The van der Waals surface area contributed by atoms with Crippen LogP contribution in [-0.2, 0) is 6.42 Å². The van der Waals surface area contributed by atoms with Gasteiger partial charge in [-0.25, -0.2) is 0 Å². The molecule has 0 aliphatic rings. The summed E-state index contributed by atoms with van der Waals surface area (Å²) in [4.78, 5) is 1.20. The molecule has 1 radical (unpaired) electrons. The second-order valence-corrected chi connectivity index (χ2v) is 3.43. The van der Waals surface area contributed by atoms with Crippen molar-refractivity contribution in [2.45, 2.75) is 6.42 Å². The second-order valence-electron chi connectivity index (χ2n) is 2.49. The molecule has 61 valence electrons. The highest BCUT2D eigenvalue weighted by Crippen LogP contribution is 2.25. The van der Waals surface area contributed by atoms with Crippen LogP contribution in [0.3, 0.4) is 0 Å². The van der Waals surface area contributed by atoms with Gasteiger partial charge in [-0.15, -0.1) is 11.3 Å². The van der Waals surface area contributed by atoms with Crippen molar-refractivity contribution >= 4 is 11.3 Å². The second kappa shape index (κ2) is 3.11. The van der Waals surface area contributed by atoms with E-state index in [0.29, 0.717) is 0 Å². The van der Waals surface area contributed by atoms with Crippen molar-refractivity contribution in [3.63, 3.8) is 0 Å². The minimum atomic E-state index is 0.781. The van der Waals surface area contributed by atoms with Gasteiger partial charge in [-0.3, -0.25) is 5.10 Å². The molecule has 0 fully saturated rings. The van der Waals surface area contributed by atoms with Crippen LogP contribution in [0, 0.1) is 6.92 Å². The summed E-state index contributed by atoms with van der Waals surface area (Å²) in [6, 6.07) is 4.10. The first-order valence-electron chi connectivity index (χ1n) is 3.77. The number of hydrogen-bond acceptors (Lipinski definition) is 2. The van der Waals surface area contributed by atoms with E-state index in [1.807, 2.05) is 12.3 Å². The number of hydrogen-bond donors (Lipinski definition) is 1. The minimum Gasteiger partial charge on any atom is -0.285 e. The molecule has 2 nitrogen and oxygen atoms in total. The number of H-pyrrole nitrogens is 1. The molecule has 2 aromatic rings. The lowest BCUT2D eigenvalue weighted by molar-refractivity contribution is 1.10. The van der Waals surface area contributed by atoms with Gasteiger partial charge in [0, 0.05) is 6.20 Å². The summed E-state index contributed by atoms with van der Waals surface area (Å²) in [5.41, 5.74) is 2.22. The standard InChI is InChI=1S/C9H9N2S/c1-2-7-6-10-11-9(7)8-4-3-5-12-8/h3-6H,1-2H2,(H,10,11). The van der Waals surface area contributed by atoms with Gasteiger partial charge < -0.3 is 0 Å². The summed E-state index contributed by atoms with van der Waals surface area (Å²) < 4.78 is 0. The Kier molecular flexibility index (Phi) is 1.96. The highest BCUT2D eigenvalue weighted by Gasteiger charge is 2.06. The number of thiophene rings is 1. The number of nitrogens with one attached hydrogen (secondary N) is 1. The van der Waals surface area contributed by atoms with Crippen molar-refractivity contribution in [2.75, 3.05) is 0 Å². The first-order chi connectivity index (χ1) is 5.92. The van der Waals surface area contributed by atoms with Crippen LogP contribution in [0.4, 0.5) is 0 Å². The van der Waals surface area contributed by atoms with Gasteiger partial charge in [-0.2, -0.15) is 5.10 Å². The van der Waals surface area contributed by atoms with Gasteiger partial charge in [0.25, 0.3) is 0 Å². The van der Waals surface area contributed by atoms with Crippen molar-refractivity contribution in [2.24, 2.45) is 0 Å². The van der Waals surface area contributed by atoms with Gasteiger partial charge in [0.1, 0.15) is 5.69 Å². The molecule has 2 rings (SSSR count). The molecule has 12 heavy (non-hydrogen) atoms. The van der Waals surface area contributed by atoms with Crippen LogP contribution in [0.25, 0.3) is 10.6 Å². The van der Waals surface area contributed by atoms with Gasteiger partial charge >= 0.3 is 0 Å². The smallest absolute Gasteiger partial charge is 0.105 e. The Bertz CT molecular complexity index is 348. The van der Waals surface area contributed by atoms with Crippen LogP contribution in [0.5, 0.6) is 0 Å². The summed E-state index contributed by atoms with van der Waals surface area (Å²) in [5, 5.41) is 9.08. The maximum atomic E-state index is 4.17. The third-order valence-corrected chi connectivity index (χ3v) is 2.62. The van der Waals surface area contributed by atoms with Crippen molar-refractivity contribution in [1.29, 1.82) is 0 Å². The van der Waals surface area contributed by atoms with Crippen molar-refractivity contribution in [1.82, 2.24) is 10.2 Å². The van der Waals surface area contributed by atoms with E-state index in [9.17, 15) is 0 Å². The van der Waals surface area contributed by atoms with Crippen LogP contribution in [0.15, 0.2) is 23.7 Å². The normalized spacial score (nSPS) is 10.4. The van der Waals surface area contributed by atoms with Crippen molar-refractivity contribution < 1.29 is 0 Å². The molecule has 0 amide bonds. The summed E-state index contributed by atoms with van der Waals surface area (Å²) in [5.74, 6) is 0. The molecule has 2 aromatic heterocycles. The Labute approximate surface area is 75.3 Å². The summed E-state index contributed by atoms with van der Waals surface area (Å²) in [6.45, 7) is 3.84. The van der Waals surface area contributed by atoms with Crippen molar-refractivity contribution in [3.8, 4) is 10.6 Å². The predicted molar refractivity (Wildman–Crippen MR) is 51.0 cm³/mol. The van der Waals surface area contributed by atoms with E-state index in [4.69, 9.17) is 0 Å². The van der Waals surface area contributed by atoms with E-state index in [-0.39, 0.29) is 0 Å². The maximum absolute atomic E-state index is 4.17. The fourth-order valence-electron chi connectivity index (χ4n) is 1.13. The maximum Gasteiger partial charge on any atom is 0.105 e. The van der Waals surface area contributed by atoms with Gasteiger partial charge in [0.15, 0.2) is 0 Å². The molecule has 0 spiro atoms. The summed E-state index contributed by atoms with van der Waals surface area (Å²) >= 11 is 1.70. The van der Waals surface area contributed by atoms with Crippen molar-refractivity contribution in [3.05, 3.63) is 36.2 Å². The Morgan fingerprint density at radius 3 is 3.17 bits per heavy atom. The Balaban J connectivity index is 2.46. The number of nitrogens with zero attached hydrogens (tertiary/aromatic N) is 1. The fourth-order valence-corrected chi connectivity index (χ4v) is 1.88. The van der Waals surface area contributed by atoms with Crippen LogP contribution < -0.4 is 0 Å². The van der Waals surface area contributed by atoms with E-state index in [1.54, 1.807) is 11.3 Å². The van der Waals surface area contributed by atoms with E-state index in [1.165, 1.54) is 10.4 Å². The van der Waals surface area contributed by atoms with Crippen LogP contribution in [-0.4, -0.2) is 10.2 Å². The predicted octanol–water partition coefficient (Wildman–Crippen LogP) is 2.51. The van der Waals surface area contributed by atoms with E-state index in [2.05, 4.69) is 28.6 Å².